The van der Waals surface area contributed by atoms with Crippen molar-refractivity contribution in [2.45, 2.75) is 128 Å². The molecule has 0 saturated heterocycles. The highest BCUT2D eigenvalue weighted by Gasteiger charge is 2.17. The van der Waals surface area contributed by atoms with E-state index in [-0.39, 0.29) is 5.56 Å². The van der Waals surface area contributed by atoms with E-state index in [0.717, 1.165) is 36.7 Å². The summed E-state index contributed by atoms with van der Waals surface area (Å²) in [6.07, 6.45) is 21.1. The molecule has 6 nitrogen and oxygen atoms in total. The van der Waals surface area contributed by atoms with Gasteiger partial charge in [-0.25, -0.2) is 9.78 Å². The Morgan fingerprint density at radius 2 is 1.27 bits per heavy atom. The van der Waals surface area contributed by atoms with Gasteiger partial charge in [-0.3, -0.25) is 14.3 Å². The number of aryl methyl sites for hydroxylation is 2. The largest absolute Gasteiger partial charge is 0.329 e. The van der Waals surface area contributed by atoms with Crippen molar-refractivity contribution in [1.82, 2.24) is 19.1 Å². The van der Waals surface area contributed by atoms with Crippen molar-refractivity contribution < 1.29 is 0 Å². The number of hydrogen-bond donors (Lipinski definition) is 1. The van der Waals surface area contributed by atoms with Crippen LogP contribution < -0.4 is 11.2 Å². The summed E-state index contributed by atoms with van der Waals surface area (Å²) < 4.78 is 3.45. The van der Waals surface area contributed by atoms with Gasteiger partial charge in [0.15, 0.2) is 16.3 Å². The Balaban J connectivity index is 1.65. The van der Waals surface area contributed by atoms with Crippen molar-refractivity contribution in [1.29, 1.82) is 0 Å². The van der Waals surface area contributed by atoms with E-state index in [9.17, 15) is 9.59 Å². The van der Waals surface area contributed by atoms with Gasteiger partial charge in [-0.1, -0.05) is 116 Å². The van der Waals surface area contributed by atoms with Gasteiger partial charge in [0.05, 0.1) is 0 Å². The van der Waals surface area contributed by atoms with E-state index in [2.05, 4.69) is 23.8 Å². The first-order valence-corrected chi connectivity index (χ1v) is 14.4. The SMILES string of the molecule is CCCCCCCCCCCCCCCCSc1nc2c(c(=O)[nH]c(=O)n2C)n1CCCC. The highest BCUT2D eigenvalue weighted by molar-refractivity contribution is 7.99. The van der Waals surface area contributed by atoms with E-state index in [1.165, 1.54) is 88.0 Å². The predicted molar refractivity (Wildman–Crippen MR) is 142 cm³/mol. The lowest BCUT2D eigenvalue weighted by atomic mass is 10.0. The molecule has 0 aliphatic rings. The fourth-order valence-electron chi connectivity index (χ4n) is 4.31. The Hall–Kier alpha value is -1.50. The molecule has 1 N–H and O–H groups in total. The Bertz CT molecular complexity index is 915. The second-order valence-electron chi connectivity index (χ2n) is 9.33. The molecule has 0 atom stereocenters. The van der Waals surface area contributed by atoms with Crippen LogP contribution in [-0.4, -0.2) is 24.9 Å². The zero-order valence-electron chi connectivity index (χ0n) is 21.3. The number of rotatable bonds is 19. The minimum atomic E-state index is -0.406. The first-order valence-electron chi connectivity index (χ1n) is 13.4. The van der Waals surface area contributed by atoms with E-state index in [1.807, 2.05) is 4.57 Å². The maximum atomic E-state index is 12.4. The number of hydrogen-bond acceptors (Lipinski definition) is 4. The van der Waals surface area contributed by atoms with Crippen molar-refractivity contribution in [2.75, 3.05) is 5.75 Å². The standard InChI is InChI=1S/C26H46N4O2S/c1-4-6-8-9-10-11-12-13-14-15-16-17-18-19-21-33-26-27-23-22(30(26)20-7-5-2)24(31)28-25(32)29(23)3/h4-21H2,1-3H3,(H,28,31,32). The molecule has 0 spiro atoms. The van der Waals surface area contributed by atoms with Crippen molar-refractivity contribution in [2.24, 2.45) is 7.05 Å². The smallest absolute Gasteiger partial charge is 0.313 e. The second-order valence-corrected chi connectivity index (χ2v) is 10.4. The van der Waals surface area contributed by atoms with Gasteiger partial charge in [0.2, 0.25) is 0 Å². The minimum Gasteiger partial charge on any atom is -0.313 e. The van der Waals surface area contributed by atoms with E-state index in [4.69, 9.17) is 0 Å². The summed E-state index contributed by atoms with van der Waals surface area (Å²) >= 11 is 1.71. The Kier molecular flexibility index (Phi) is 13.6. The molecule has 0 radical (unpaired) electrons. The number of H-pyrrole nitrogens is 1. The molecule has 2 aromatic heterocycles. The van der Waals surface area contributed by atoms with Gasteiger partial charge in [-0.15, -0.1) is 0 Å². The van der Waals surface area contributed by atoms with Crippen LogP contribution in [0.1, 0.15) is 117 Å². The van der Waals surface area contributed by atoms with Crippen molar-refractivity contribution >= 4 is 22.9 Å². The van der Waals surface area contributed by atoms with Crippen LogP contribution in [0.3, 0.4) is 0 Å². The van der Waals surface area contributed by atoms with E-state index in [0.29, 0.717) is 11.2 Å². The summed E-state index contributed by atoms with van der Waals surface area (Å²) in [6, 6.07) is 0. The van der Waals surface area contributed by atoms with Crippen molar-refractivity contribution in [3.8, 4) is 0 Å². The summed E-state index contributed by atoms with van der Waals surface area (Å²) in [7, 11) is 1.67. The van der Waals surface area contributed by atoms with Crippen LogP contribution in [0.5, 0.6) is 0 Å². The first kappa shape index (κ1) is 27.7. The molecule has 0 fully saturated rings. The van der Waals surface area contributed by atoms with Gasteiger partial charge >= 0.3 is 5.69 Å². The second kappa shape index (κ2) is 16.2. The fraction of sp³-hybridized carbons (Fsp3) is 0.808. The lowest BCUT2D eigenvalue weighted by Gasteiger charge is -2.07. The molecule has 2 heterocycles. The molecule has 0 aliphatic heterocycles. The third-order valence-electron chi connectivity index (χ3n) is 6.44. The molecular formula is C26H46N4O2S. The number of thioether (sulfide) groups is 1. The lowest BCUT2D eigenvalue weighted by molar-refractivity contribution is 0.538. The molecule has 2 rings (SSSR count). The zero-order valence-corrected chi connectivity index (χ0v) is 22.1. The summed E-state index contributed by atoms with van der Waals surface area (Å²) in [5.41, 5.74) is 0.272. The Labute approximate surface area is 204 Å². The molecule has 33 heavy (non-hydrogen) atoms. The summed E-state index contributed by atoms with van der Waals surface area (Å²) in [4.78, 5) is 31.4. The zero-order chi connectivity index (χ0) is 23.9. The van der Waals surface area contributed by atoms with Crippen LogP contribution in [0.4, 0.5) is 0 Å². The topological polar surface area (TPSA) is 72.7 Å². The molecule has 0 aromatic carbocycles. The van der Waals surface area contributed by atoms with Gasteiger partial charge in [-0.2, -0.15) is 0 Å². The van der Waals surface area contributed by atoms with E-state index < -0.39 is 5.69 Å². The molecule has 0 saturated carbocycles. The molecule has 0 unspecified atom stereocenters. The van der Waals surface area contributed by atoms with Crippen LogP contribution in [-0.2, 0) is 13.6 Å². The average Bonchev–Trinajstić information content (AvgIpc) is 3.17. The highest BCUT2D eigenvalue weighted by atomic mass is 32.2. The van der Waals surface area contributed by atoms with Crippen LogP contribution in [0, 0.1) is 0 Å². The van der Waals surface area contributed by atoms with Crippen LogP contribution >= 0.6 is 11.8 Å². The number of fused-ring (bicyclic) bond motifs is 1. The summed E-state index contributed by atoms with van der Waals surface area (Å²) in [5.74, 6) is 0.999. The average molecular weight is 479 g/mol. The number of aromatic amines is 1. The number of nitrogens with zero attached hydrogens (tertiary/aromatic N) is 3. The van der Waals surface area contributed by atoms with Gasteiger partial charge in [0.25, 0.3) is 5.56 Å². The van der Waals surface area contributed by atoms with Crippen molar-refractivity contribution in [3.05, 3.63) is 20.8 Å². The predicted octanol–water partition coefficient (Wildman–Crippen LogP) is 6.80. The van der Waals surface area contributed by atoms with Gasteiger partial charge in [0, 0.05) is 19.3 Å². The lowest BCUT2D eigenvalue weighted by Crippen LogP contribution is -2.29. The number of aromatic nitrogens is 4. The van der Waals surface area contributed by atoms with E-state index in [1.54, 1.807) is 18.8 Å². The summed E-state index contributed by atoms with van der Waals surface area (Å²) in [5, 5.41) is 0.861. The maximum Gasteiger partial charge on any atom is 0.329 e. The van der Waals surface area contributed by atoms with E-state index >= 15 is 0 Å². The molecular weight excluding hydrogens is 432 g/mol. The fourth-order valence-corrected chi connectivity index (χ4v) is 5.33. The number of unbranched alkanes of at least 4 members (excludes halogenated alkanes) is 14. The quantitative estimate of drug-likeness (QED) is 0.178. The molecule has 0 aliphatic carbocycles. The third kappa shape index (κ3) is 9.34. The molecule has 188 valence electrons. The summed E-state index contributed by atoms with van der Waals surface area (Å²) in [6.45, 7) is 5.18. The van der Waals surface area contributed by atoms with Gasteiger partial charge < -0.3 is 4.57 Å². The van der Waals surface area contributed by atoms with Gasteiger partial charge in [-0.05, 0) is 12.8 Å². The van der Waals surface area contributed by atoms with Crippen LogP contribution in [0.25, 0.3) is 11.2 Å². The maximum absolute atomic E-state index is 12.4. The van der Waals surface area contributed by atoms with Crippen LogP contribution in [0.2, 0.25) is 0 Å². The van der Waals surface area contributed by atoms with Crippen molar-refractivity contribution in [3.63, 3.8) is 0 Å². The normalized spacial score (nSPS) is 11.6. The number of imidazole rings is 1. The Morgan fingerprint density at radius 1 is 0.758 bits per heavy atom. The molecule has 0 bridgehead atoms. The first-order chi connectivity index (χ1) is 16.1. The molecule has 0 amide bonds. The monoisotopic (exact) mass is 478 g/mol. The van der Waals surface area contributed by atoms with Crippen LogP contribution in [0.15, 0.2) is 14.7 Å². The minimum absolute atomic E-state index is 0.333. The number of nitrogens with one attached hydrogen (secondary N) is 1. The molecule has 7 heteroatoms. The highest BCUT2D eigenvalue weighted by Crippen LogP contribution is 2.23. The van der Waals surface area contributed by atoms with Gasteiger partial charge in [0.1, 0.15) is 0 Å². The Morgan fingerprint density at radius 3 is 1.82 bits per heavy atom. The molecule has 2 aromatic rings. The third-order valence-corrected chi connectivity index (χ3v) is 7.50.